The van der Waals surface area contributed by atoms with E-state index in [-0.39, 0.29) is 0 Å². The summed E-state index contributed by atoms with van der Waals surface area (Å²) in [5.41, 5.74) is 0. The molecule has 1 saturated heterocycles. The van der Waals surface area contributed by atoms with Gasteiger partial charge in [0, 0.05) is 0 Å². The van der Waals surface area contributed by atoms with Crippen LogP contribution in [0, 0.1) is 11.8 Å². The standard InChI is InChI=1S/C12H20.C6H11.Sb/c1-3-7-11(8-4-1)12-9-5-2-6-10-12;1-2-4-6-5-3-1;/h7,9,11-12H,1-6,8,10H2;1H,2-6H2;. The van der Waals surface area contributed by atoms with Gasteiger partial charge in [-0.3, -0.25) is 0 Å². The maximum absolute atomic E-state index is 1.69. The molecule has 0 aromatic heterocycles. The molecule has 4 atom stereocenters. The second-order valence-electron chi connectivity index (χ2n) is 7.77. The molecule has 0 nitrogen and oxygen atoms in total. The summed E-state index contributed by atoms with van der Waals surface area (Å²) in [6.45, 7) is 0. The molecule has 1 heterocycles. The molecule has 0 aromatic rings. The van der Waals surface area contributed by atoms with Gasteiger partial charge < -0.3 is 0 Å². The van der Waals surface area contributed by atoms with Crippen molar-refractivity contribution in [2.45, 2.75) is 95.1 Å². The zero-order valence-corrected chi connectivity index (χ0v) is 15.1. The third-order valence-corrected chi connectivity index (χ3v) is 18.8. The SMILES string of the molecule is C1CC[CH]([Sb]2[CH]3CCCCC3C3CCCC[CH]32)CC1. The van der Waals surface area contributed by atoms with Crippen LogP contribution in [0.4, 0.5) is 0 Å². The van der Waals surface area contributed by atoms with E-state index < -0.39 is 20.2 Å². The van der Waals surface area contributed by atoms with Crippen LogP contribution < -0.4 is 0 Å². The van der Waals surface area contributed by atoms with Crippen molar-refractivity contribution in [3.63, 3.8) is 0 Å². The van der Waals surface area contributed by atoms with Crippen LogP contribution in [0.1, 0.15) is 83.5 Å². The first-order valence-electron chi connectivity index (χ1n) is 9.22. The minimum absolute atomic E-state index is 0.958. The number of fused-ring (bicyclic) bond motifs is 3. The van der Waals surface area contributed by atoms with E-state index in [1.54, 1.807) is 83.5 Å². The third-order valence-electron chi connectivity index (χ3n) is 6.88. The minimum atomic E-state index is -0.958. The summed E-state index contributed by atoms with van der Waals surface area (Å²) in [4.78, 5) is 0. The van der Waals surface area contributed by atoms with Gasteiger partial charge in [-0.25, -0.2) is 0 Å². The van der Waals surface area contributed by atoms with E-state index in [4.69, 9.17) is 0 Å². The molecule has 0 spiro atoms. The Hall–Kier alpha value is 0.818. The predicted octanol–water partition coefficient (Wildman–Crippen LogP) is 5.95. The fraction of sp³-hybridized carbons (Fsp3) is 1.00. The van der Waals surface area contributed by atoms with E-state index in [0.29, 0.717) is 0 Å². The Balaban J connectivity index is 1.59. The number of hydrogen-bond donors (Lipinski definition) is 0. The molecule has 3 saturated carbocycles. The van der Waals surface area contributed by atoms with Gasteiger partial charge in [0.15, 0.2) is 0 Å². The van der Waals surface area contributed by atoms with Crippen LogP contribution in [0.25, 0.3) is 0 Å². The van der Waals surface area contributed by atoms with E-state index in [1.165, 1.54) is 23.4 Å². The van der Waals surface area contributed by atoms with Crippen LogP contribution in [0.3, 0.4) is 0 Å². The maximum atomic E-state index is 1.69. The zero-order valence-electron chi connectivity index (χ0n) is 12.5. The molecule has 4 fully saturated rings. The summed E-state index contributed by atoms with van der Waals surface area (Å²) in [7, 11) is 0. The molecule has 4 aliphatic rings. The summed E-state index contributed by atoms with van der Waals surface area (Å²) in [6, 6.07) is 0. The number of rotatable bonds is 1. The monoisotopic (exact) mass is 368 g/mol. The summed E-state index contributed by atoms with van der Waals surface area (Å²) in [5, 5.41) is 0. The quantitative estimate of drug-likeness (QED) is 0.501. The first-order chi connectivity index (χ1) is 9.45. The van der Waals surface area contributed by atoms with Gasteiger partial charge in [-0.1, -0.05) is 0 Å². The molecular weight excluding hydrogens is 338 g/mol. The van der Waals surface area contributed by atoms with E-state index in [1.807, 2.05) is 0 Å². The van der Waals surface area contributed by atoms with Crippen LogP contribution >= 0.6 is 0 Å². The van der Waals surface area contributed by atoms with Crippen molar-refractivity contribution in [1.82, 2.24) is 0 Å². The fourth-order valence-electron chi connectivity index (χ4n) is 6.19. The Kier molecular flexibility index (Phi) is 4.19. The molecule has 1 aliphatic heterocycles. The zero-order chi connectivity index (χ0) is 12.7. The van der Waals surface area contributed by atoms with Crippen LogP contribution in [-0.2, 0) is 0 Å². The fourth-order valence-corrected chi connectivity index (χ4v) is 20.8. The van der Waals surface area contributed by atoms with Crippen molar-refractivity contribution in [3.05, 3.63) is 0 Å². The molecule has 1 heteroatoms. The molecule has 0 aromatic carbocycles. The van der Waals surface area contributed by atoms with Crippen molar-refractivity contribution in [1.29, 1.82) is 0 Å². The van der Waals surface area contributed by atoms with Crippen molar-refractivity contribution in [3.8, 4) is 0 Å². The van der Waals surface area contributed by atoms with Gasteiger partial charge in [0.05, 0.1) is 0 Å². The first kappa shape index (κ1) is 13.5. The summed E-state index contributed by atoms with van der Waals surface area (Å²) in [6.07, 6.45) is 21.2. The Morgan fingerprint density at radius 3 is 1.53 bits per heavy atom. The Bertz CT molecular complexity index is 285. The van der Waals surface area contributed by atoms with Gasteiger partial charge in [-0.2, -0.15) is 0 Å². The second-order valence-corrected chi connectivity index (χ2v) is 16.2. The molecule has 0 N–H and O–H groups in total. The van der Waals surface area contributed by atoms with E-state index in [0.717, 1.165) is 0 Å². The van der Waals surface area contributed by atoms with Crippen molar-refractivity contribution >= 4 is 20.2 Å². The molecule has 0 bridgehead atoms. The van der Waals surface area contributed by atoms with Crippen molar-refractivity contribution in [2.75, 3.05) is 0 Å². The molecule has 108 valence electrons. The van der Waals surface area contributed by atoms with Gasteiger partial charge in [0.25, 0.3) is 0 Å². The Morgan fingerprint density at radius 1 is 0.474 bits per heavy atom. The molecular formula is C18H31Sb. The van der Waals surface area contributed by atoms with Gasteiger partial charge in [-0.15, -0.1) is 0 Å². The van der Waals surface area contributed by atoms with E-state index in [2.05, 4.69) is 0 Å². The van der Waals surface area contributed by atoms with Gasteiger partial charge in [0.1, 0.15) is 0 Å². The van der Waals surface area contributed by atoms with Crippen LogP contribution in [0.5, 0.6) is 0 Å². The second kappa shape index (κ2) is 5.90. The van der Waals surface area contributed by atoms with Crippen molar-refractivity contribution in [2.24, 2.45) is 11.8 Å². The van der Waals surface area contributed by atoms with Crippen molar-refractivity contribution < 1.29 is 0 Å². The van der Waals surface area contributed by atoms with E-state index >= 15 is 0 Å². The van der Waals surface area contributed by atoms with Crippen LogP contribution in [0.2, 0.25) is 11.6 Å². The Labute approximate surface area is 127 Å². The number of hydrogen-bond acceptors (Lipinski definition) is 0. The molecule has 19 heavy (non-hydrogen) atoms. The Morgan fingerprint density at radius 2 is 0.947 bits per heavy atom. The topological polar surface area (TPSA) is 0 Å². The van der Waals surface area contributed by atoms with Gasteiger partial charge in [0.2, 0.25) is 0 Å². The average molecular weight is 369 g/mol. The summed E-state index contributed by atoms with van der Waals surface area (Å²) >= 11 is -0.958. The molecule has 0 amide bonds. The summed E-state index contributed by atoms with van der Waals surface area (Å²) < 4.78 is 4.04. The average Bonchev–Trinajstić information content (AvgIpc) is 2.83. The van der Waals surface area contributed by atoms with Gasteiger partial charge >= 0.3 is 127 Å². The summed E-state index contributed by atoms with van der Waals surface area (Å²) in [5.74, 6) is 2.51. The van der Waals surface area contributed by atoms with Crippen LogP contribution in [-0.4, -0.2) is 20.2 Å². The first-order valence-corrected chi connectivity index (χ1v) is 13.6. The van der Waals surface area contributed by atoms with E-state index in [9.17, 15) is 0 Å². The normalized spacial score (nSPS) is 44.8. The molecule has 4 unspecified atom stereocenters. The van der Waals surface area contributed by atoms with Gasteiger partial charge in [-0.05, 0) is 0 Å². The third kappa shape index (κ3) is 2.43. The molecule has 0 radical (unpaired) electrons. The van der Waals surface area contributed by atoms with Crippen LogP contribution in [0.15, 0.2) is 0 Å². The predicted molar refractivity (Wildman–Crippen MR) is 84.0 cm³/mol. The molecule has 4 rings (SSSR count). The molecule has 3 aliphatic carbocycles.